The van der Waals surface area contributed by atoms with Gasteiger partial charge in [-0.2, -0.15) is 0 Å². The Labute approximate surface area is 78.1 Å². The van der Waals surface area contributed by atoms with E-state index in [-0.39, 0.29) is 5.41 Å². The molecule has 0 amide bonds. The minimum absolute atomic E-state index is 0.115. The minimum atomic E-state index is -0.115. The highest BCUT2D eigenvalue weighted by Crippen LogP contribution is 2.45. The molecule has 0 heterocycles. The number of hydrogen-bond acceptors (Lipinski definition) is 1. The molecule has 0 aliphatic heterocycles. The lowest BCUT2D eigenvalue weighted by Crippen LogP contribution is -1.94. The van der Waals surface area contributed by atoms with Gasteiger partial charge in [0.2, 0.25) is 0 Å². The molecule has 0 unspecified atom stereocenters. The van der Waals surface area contributed by atoms with E-state index in [0.717, 1.165) is 24.7 Å². The summed E-state index contributed by atoms with van der Waals surface area (Å²) in [5.74, 6) is 0. The molecule has 0 saturated heterocycles. The zero-order valence-corrected chi connectivity index (χ0v) is 7.44. The molecule has 66 valence electrons. The predicted molar refractivity (Wildman–Crippen MR) is 53.2 cm³/mol. The molecule has 0 atom stereocenters. The second-order valence-corrected chi connectivity index (χ2v) is 3.60. The Morgan fingerprint density at radius 1 is 1.15 bits per heavy atom. The van der Waals surface area contributed by atoms with Crippen LogP contribution in [0, 0.1) is 5.41 Å². The van der Waals surface area contributed by atoms with E-state index in [9.17, 15) is 4.79 Å². The third-order valence-electron chi connectivity index (χ3n) is 2.47. The van der Waals surface area contributed by atoms with Crippen molar-refractivity contribution < 1.29 is 4.79 Å². The Balaban J connectivity index is 2.10. The van der Waals surface area contributed by atoms with Crippen molar-refractivity contribution in [1.29, 1.82) is 0 Å². The Morgan fingerprint density at radius 2 is 1.85 bits per heavy atom. The minimum Gasteiger partial charge on any atom is -0.302 e. The Morgan fingerprint density at radius 3 is 2.38 bits per heavy atom. The second-order valence-electron chi connectivity index (χ2n) is 3.60. The third kappa shape index (κ3) is 1.86. The van der Waals surface area contributed by atoms with Gasteiger partial charge in [-0.1, -0.05) is 42.5 Å². The van der Waals surface area contributed by atoms with Gasteiger partial charge in [-0.15, -0.1) is 0 Å². The van der Waals surface area contributed by atoms with Crippen molar-refractivity contribution in [3.8, 4) is 0 Å². The van der Waals surface area contributed by atoms with Crippen LogP contribution in [-0.4, -0.2) is 6.29 Å². The van der Waals surface area contributed by atoms with Crippen LogP contribution in [0.15, 0.2) is 36.4 Å². The molecule has 1 aliphatic rings. The summed E-state index contributed by atoms with van der Waals surface area (Å²) in [6.07, 6.45) is 7.14. The highest BCUT2D eigenvalue weighted by Gasteiger charge is 2.39. The van der Waals surface area contributed by atoms with Gasteiger partial charge in [0.1, 0.15) is 6.29 Å². The number of carbonyl (C=O) groups excluding carboxylic acids is 1. The van der Waals surface area contributed by atoms with E-state index in [0.29, 0.717) is 0 Å². The van der Waals surface area contributed by atoms with Crippen molar-refractivity contribution in [3.63, 3.8) is 0 Å². The van der Waals surface area contributed by atoms with Gasteiger partial charge in [0, 0.05) is 5.41 Å². The van der Waals surface area contributed by atoms with Crippen molar-refractivity contribution in [3.05, 3.63) is 42.0 Å². The van der Waals surface area contributed by atoms with E-state index >= 15 is 0 Å². The van der Waals surface area contributed by atoms with Crippen LogP contribution in [0.1, 0.15) is 18.4 Å². The Kier molecular flexibility index (Phi) is 2.01. The van der Waals surface area contributed by atoms with Crippen molar-refractivity contribution in [2.45, 2.75) is 12.8 Å². The summed E-state index contributed by atoms with van der Waals surface area (Å²) >= 11 is 0. The van der Waals surface area contributed by atoms with E-state index in [2.05, 4.69) is 0 Å². The quantitative estimate of drug-likeness (QED) is 0.640. The highest BCUT2D eigenvalue weighted by atomic mass is 16.1. The lowest BCUT2D eigenvalue weighted by atomic mass is 10.1. The Hall–Kier alpha value is -1.37. The van der Waals surface area contributed by atoms with Crippen molar-refractivity contribution >= 4 is 12.4 Å². The molecule has 1 fully saturated rings. The number of benzene rings is 1. The largest absolute Gasteiger partial charge is 0.302 e. The van der Waals surface area contributed by atoms with Crippen LogP contribution >= 0.6 is 0 Å². The van der Waals surface area contributed by atoms with Crippen LogP contribution in [0.4, 0.5) is 0 Å². The van der Waals surface area contributed by atoms with E-state index in [1.165, 1.54) is 0 Å². The van der Waals surface area contributed by atoms with Gasteiger partial charge >= 0.3 is 0 Å². The van der Waals surface area contributed by atoms with Crippen LogP contribution in [0.2, 0.25) is 0 Å². The van der Waals surface area contributed by atoms with Gasteiger partial charge in [0.05, 0.1) is 0 Å². The highest BCUT2D eigenvalue weighted by molar-refractivity contribution is 5.70. The molecule has 2 rings (SSSR count). The fourth-order valence-corrected chi connectivity index (χ4v) is 1.29. The summed E-state index contributed by atoms with van der Waals surface area (Å²) in [5.41, 5.74) is 1.05. The lowest BCUT2D eigenvalue weighted by molar-refractivity contribution is -0.110. The van der Waals surface area contributed by atoms with E-state index in [1.807, 2.05) is 42.5 Å². The van der Waals surface area contributed by atoms with Gasteiger partial charge in [-0.25, -0.2) is 0 Å². The maximum Gasteiger partial charge on any atom is 0.129 e. The summed E-state index contributed by atoms with van der Waals surface area (Å²) in [7, 11) is 0. The number of hydrogen-bond donors (Lipinski definition) is 0. The van der Waals surface area contributed by atoms with E-state index in [4.69, 9.17) is 0 Å². The Bertz CT molecular complexity index is 320. The molecule has 0 spiro atoms. The first-order valence-corrected chi connectivity index (χ1v) is 4.55. The first kappa shape index (κ1) is 8.24. The smallest absolute Gasteiger partial charge is 0.129 e. The summed E-state index contributed by atoms with van der Waals surface area (Å²) < 4.78 is 0. The fraction of sp³-hybridized carbons (Fsp3) is 0.250. The number of aldehydes is 1. The summed E-state index contributed by atoms with van der Waals surface area (Å²) in [5, 5.41) is 0. The molecule has 0 N–H and O–H groups in total. The molecule has 1 heteroatoms. The van der Waals surface area contributed by atoms with Crippen LogP contribution in [-0.2, 0) is 4.79 Å². The zero-order valence-electron chi connectivity index (χ0n) is 7.44. The average molecular weight is 172 g/mol. The molecule has 0 aromatic heterocycles. The van der Waals surface area contributed by atoms with E-state index < -0.39 is 0 Å². The van der Waals surface area contributed by atoms with Crippen LogP contribution in [0.5, 0.6) is 0 Å². The molecular formula is C12H12O. The topological polar surface area (TPSA) is 17.1 Å². The molecule has 1 saturated carbocycles. The van der Waals surface area contributed by atoms with Gasteiger partial charge in [0.25, 0.3) is 0 Å². The van der Waals surface area contributed by atoms with Crippen LogP contribution < -0.4 is 0 Å². The lowest BCUT2D eigenvalue weighted by Gasteiger charge is -1.96. The monoisotopic (exact) mass is 172 g/mol. The predicted octanol–water partition coefficient (Wildman–Crippen LogP) is 2.68. The number of carbonyl (C=O) groups is 1. The van der Waals surface area contributed by atoms with Gasteiger partial charge < -0.3 is 4.79 Å². The SMILES string of the molecule is O=CC1(/C=C/c2ccccc2)CC1. The summed E-state index contributed by atoms with van der Waals surface area (Å²) in [6.45, 7) is 0. The molecule has 1 aromatic rings. The number of allylic oxidation sites excluding steroid dienone is 1. The first-order chi connectivity index (χ1) is 6.35. The first-order valence-electron chi connectivity index (χ1n) is 4.55. The van der Waals surface area contributed by atoms with Crippen molar-refractivity contribution in [2.75, 3.05) is 0 Å². The average Bonchev–Trinajstić information content (AvgIpc) is 2.97. The van der Waals surface area contributed by atoms with Gasteiger partial charge in [-0.3, -0.25) is 0 Å². The van der Waals surface area contributed by atoms with Crippen molar-refractivity contribution in [2.24, 2.45) is 5.41 Å². The molecule has 0 radical (unpaired) electrons. The van der Waals surface area contributed by atoms with Crippen LogP contribution in [0.25, 0.3) is 6.08 Å². The number of rotatable bonds is 3. The van der Waals surface area contributed by atoms with Gasteiger partial charge in [-0.05, 0) is 18.4 Å². The van der Waals surface area contributed by atoms with E-state index in [1.54, 1.807) is 0 Å². The fourth-order valence-electron chi connectivity index (χ4n) is 1.29. The normalized spacial score (nSPS) is 18.8. The summed E-state index contributed by atoms with van der Waals surface area (Å²) in [6, 6.07) is 10.1. The maximum absolute atomic E-state index is 10.7. The molecule has 13 heavy (non-hydrogen) atoms. The van der Waals surface area contributed by atoms with Crippen molar-refractivity contribution in [1.82, 2.24) is 0 Å². The summed E-state index contributed by atoms with van der Waals surface area (Å²) in [4.78, 5) is 10.7. The maximum atomic E-state index is 10.7. The molecule has 0 bridgehead atoms. The zero-order chi connectivity index (χ0) is 9.15. The third-order valence-corrected chi connectivity index (χ3v) is 2.47. The molecule has 1 nitrogen and oxygen atoms in total. The second kappa shape index (κ2) is 3.17. The molecule has 1 aliphatic carbocycles. The molecule has 1 aromatic carbocycles. The standard InChI is InChI=1S/C12H12O/c13-10-12(8-9-12)7-6-11-4-2-1-3-5-11/h1-7,10H,8-9H2/b7-6+. The molecular weight excluding hydrogens is 160 g/mol. The van der Waals surface area contributed by atoms with Crippen LogP contribution in [0.3, 0.4) is 0 Å². The van der Waals surface area contributed by atoms with Gasteiger partial charge in [0.15, 0.2) is 0 Å².